The molecule has 3 nitrogen and oxygen atoms in total. The van der Waals surface area contributed by atoms with Crippen molar-refractivity contribution in [1.82, 2.24) is 4.90 Å². The van der Waals surface area contributed by atoms with Gasteiger partial charge in [0.05, 0.1) is 5.54 Å². The molecule has 1 aliphatic carbocycles. The van der Waals surface area contributed by atoms with Crippen LogP contribution in [0.15, 0.2) is 24.3 Å². The van der Waals surface area contributed by atoms with Crippen molar-refractivity contribution >= 4 is 5.91 Å². The van der Waals surface area contributed by atoms with Gasteiger partial charge >= 0.3 is 0 Å². The van der Waals surface area contributed by atoms with Crippen molar-refractivity contribution in [2.75, 3.05) is 7.05 Å². The van der Waals surface area contributed by atoms with Crippen LogP contribution in [0.2, 0.25) is 0 Å². The quantitative estimate of drug-likeness (QED) is 0.859. The zero-order valence-corrected chi connectivity index (χ0v) is 10.6. The van der Waals surface area contributed by atoms with E-state index in [2.05, 4.69) is 31.2 Å². The van der Waals surface area contributed by atoms with E-state index in [4.69, 9.17) is 5.73 Å². The van der Waals surface area contributed by atoms with Crippen LogP contribution in [0.1, 0.15) is 30.9 Å². The predicted octanol–water partition coefficient (Wildman–Crippen LogP) is 1.70. The van der Waals surface area contributed by atoms with Crippen LogP contribution in [-0.2, 0) is 17.8 Å². The van der Waals surface area contributed by atoms with Crippen LogP contribution in [0, 0.1) is 0 Å². The fraction of sp³-hybridized carbons (Fsp3) is 0.500. The molecular formula is C14H20N2O. The summed E-state index contributed by atoms with van der Waals surface area (Å²) in [6.07, 6.45) is 2.69. The summed E-state index contributed by atoms with van der Waals surface area (Å²) in [5.41, 5.74) is 7.82. The van der Waals surface area contributed by atoms with Crippen LogP contribution in [0.5, 0.6) is 0 Å². The fourth-order valence-electron chi connectivity index (χ4n) is 1.95. The van der Waals surface area contributed by atoms with Gasteiger partial charge in [-0.2, -0.15) is 0 Å². The topological polar surface area (TPSA) is 46.3 Å². The molecular weight excluding hydrogens is 212 g/mol. The molecule has 0 unspecified atom stereocenters. The molecule has 3 heteroatoms. The molecule has 1 fully saturated rings. The van der Waals surface area contributed by atoms with Gasteiger partial charge in [-0.05, 0) is 30.4 Å². The Hall–Kier alpha value is -1.35. The van der Waals surface area contributed by atoms with E-state index in [0.29, 0.717) is 6.54 Å². The Labute approximate surface area is 103 Å². The van der Waals surface area contributed by atoms with E-state index in [0.717, 1.165) is 24.8 Å². The first-order valence-electron chi connectivity index (χ1n) is 6.17. The molecule has 92 valence electrons. The number of rotatable bonds is 4. The van der Waals surface area contributed by atoms with Crippen molar-refractivity contribution in [3.8, 4) is 0 Å². The zero-order chi connectivity index (χ0) is 12.5. The van der Waals surface area contributed by atoms with Gasteiger partial charge in [-0.25, -0.2) is 0 Å². The Morgan fingerprint density at radius 2 is 1.82 bits per heavy atom. The van der Waals surface area contributed by atoms with Gasteiger partial charge in [0.2, 0.25) is 5.91 Å². The largest absolute Gasteiger partial charge is 0.340 e. The third-order valence-electron chi connectivity index (χ3n) is 3.41. The third-order valence-corrected chi connectivity index (χ3v) is 3.41. The summed E-state index contributed by atoms with van der Waals surface area (Å²) in [6, 6.07) is 8.39. The molecule has 0 aromatic heterocycles. The van der Waals surface area contributed by atoms with Gasteiger partial charge in [0.1, 0.15) is 0 Å². The summed E-state index contributed by atoms with van der Waals surface area (Å²) >= 11 is 0. The standard InChI is InChI=1S/C14H20N2O/c1-3-11-4-6-12(7-5-11)10-16(2)13(17)14(15)8-9-14/h4-7H,3,8-10,15H2,1-2H3. The van der Waals surface area contributed by atoms with Crippen molar-refractivity contribution in [3.63, 3.8) is 0 Å². The number of carbonyl (C=O) groups excluding carboxylic acids is 1. The molecule has 0 spiro atoms. The van der Waals surface area contributed by atoms with Gasteiger partial charge in [0, 0.05) is 13.6 Å². The van der Waals surface area contributed by atoms with Gasteiger partial charge in [0.25, 0.3) is 0 Å². The summed E-state index contributed by atoms with van der Waals surface area (Å²) in [7, 11) is 1.82. The predicted molar refractivity (Wildman–Crippen MR) is 68.4 cm³/mol. The molecule has 2 N–H and O–H groups in total. The van der Waals surface area contributed by atoms with E-state index in [1.54, 1.807) is 4.90 Å². The maximum atomic E-state index is 12.0. The second-order valence-corrected chi connectivity index (χ2v) is 4.99. The lowest BCUT2D eigenvalue weighted by atomic mass is 10.1. The minimum atomic E-state index is -0.557. The molecule has 0 saturated heterocycles. The first-order valence-corrected chi connectivity index (χ1v) is 6.17. The molecule has 1 saturated carbocycles. The summed E-state index contributed by atoms with van der Waals surface area (Å²) in [5, 5.41) is 0. The highest BCUT2D eigenvalue weighted by Crippen LogP contribution is 2.34. The minimum absolute atomic E-state index is 0.0667. The molecule has 1 aliphatic rings. The Bertz CT molecular complexity index is 407. The Morgan fingerprint density at radius 3 is 2.29 bits per heavy atom. The van der Waals surface area contributed by atoms with E-state index >= 15 is 0 Å². The molecule has 0 bridgehead atoms. The average Bonchev–Trinajstić information content (AvgIpc) is 3.08. The van der Waals surface area contributed by atoms with Crippen LogP contribution in [0.25, 0.3) is 0 Å². The number of carbonyl (C=O) groups is 1. The van der Waals surface area contributed by atoms with Crippen molar-refractivity contribution < 1.29 is 4.79 Å². The van der Waals surface area contributed by atoms with Crippen LogP contribution >= 0.6 is 0 Å². The van der Waals surface area contributed by atoms with Gasteiger partial charge in [-0.15, -0.1) is 0 Å². The summed E-state index contributed by atoms with van der Waals surface area (Å²) in [5.74, 6) is 0.0667. The first-order chi connectivity index (χ1) is 8.05. The number of nitrogens with zero attached hydrogens (tertiary/aromatic N) is 1. The number of aryl methyl sites for hydroxylation is 1. The molecule has 1 amide bonds. The van der Waals surface area contributed by atoms with Crippen molar-refractivity contribution in [2.24, 2.45) is 5.73 Å². The van der Waals surface area contributed by atoms with Gasteiger partial charge in [0.15, 0.2) is 0 Å². The van der Waals surface area contributed by atoms with Gasteiger partial charge < -0.3 is 10.6 Å². The summed E-state index contributed by atoms with van der Waals surface area (Å²) in [4.78, 5) is 13.7. The van der Waals surface area contributed by atoms with E-state index in [1.165, 1.54) is 5.56 Å². The van der Waals surface area contributed by atoms with E-state index in [1.807, 2.05) is 7.05 Å². The number of benzene rings is 1. The number of hydrogen-bond donors (Lipinski definition) is 1. The number of likely N-dealkylation sites (N-methyl/N-ethyl adjacent to an activating group) is 1. The van der Waals surface area contributed by atoms with Gasteiger partial charge in [-0.1, -0.05) is 31.2 Å². The lowest BCUT2D eigenvalue weighted by molar-refractivity contribution is -0.132. The zero-order valence-electron chi connectivity index (χ0n) is 10.6. The van der Waals surface area contributed by atoms with Crippen LogP contribution in [-0.4, -0.2) is 23.4 Å². The highest BCUT2D eigenvalue weighted by atomic mass is 16.2. The highest BCUT2D eigenvalue weighted by molar-refractivity contribution is 5.88. The maximum Gasteiger partial charge on any atom is 0.242 e. The SMILES string of the molecule is CCc1ccc(CN(C)C(=O)C2(N)CC2)cc1. The van der Waals surface area contributed by atoms with Crippen molar-refractivity contribution in [2.45, 2.75) is 38.3 Å². The normalized spacial score (nSPS) is 16.6. The van der Waals surface area contributed by atoms with Crippen LogP contribution in [0.3, 0.4) is 0 Å². The molecule has 0 heterocycles. The first kappa shape index (κ1) is 12.1. The summed E-state index contributed by atoms with van der Waals surface area (Å²) < 4.78 is 0. The van der Waals surface area contributed by atoms with Crippen molar-refractivity contribution in [3.05, 3.63) is 35.4 Å². The minimum Gasteiger partial charge on any atom is -0.340 e. The third kappa shape index (κ3) is 2.67. The smallest absolute Gasteiger partial charge is 0.242 e. The van der Waals surface area contributed by atoms with Crippen molar-refractivity contribution in [1.29, 1.82) is 0 Å². The Balaban J connectivity index is 1.97. The summed E-state index contributed by atoms with van der Waals surface area (Å²) in [6.45, 7) is 2.78. The molecule has 0 radical (unpaired) electrons. The van der Waals surface area contributed by atoms with E-state index in [-0.39, 0.29) is 5.91 Å². The Morgan fingerprint density at radius 1 is 1.29 bits per heavy atom. The molecule has 17 heavy (non-hydrogen) atoms. The molecule has 1 aromatic rings. The fourth-order valence-corrected chi connectivity index (χ4v) is 1.95. The number of amides is 1. The second kappa shape index (κ2) is 4.49. The molecule has 1 aromatic carbocycles. The lowest BCUT2D eigenvalue weighted by Gasteiger charge is -2.21. The average molecular weight is 232 g/mol. The molecule has 2 rings (SSSR count). The van der Waals surface area contributed by atoms with Crippen LogP contribution < -0.4 is 5.73 Å². The Kier molecular flexibility index (Phi) is 3.20. The molecule has 0 aliphatic heterocycles. The molecule has 0 atom stereocenters. The lowest BCUT2D eigenvalue weighted by Crippen LogP contribution is -2.43. The number of nitrogens with two attached hydrogens (primary N) is 1. The maximum absolute atomic E-state index is 12.0. The number of hydrogen-bond acceptors (Lipinski definition) is 2. The van der Waals surface area contributed by atoms with Crippen LogP contribution in [0.4, 0.5) is 0 Å². The van der Waals surface area contributed by atoms with E-state index < -0.39 is 5.54 Å². The van der Waals surface area contributed by atoms with Gasteiger partial charge in [-0.3, -0.25) is 4.79 Å². The monoisotopic (exact) mass is 232 g/mol. The highest BCUT2D eigenvalue weighted by Gasteiger charge is 2.47. The van der Waals surface area contributed by atoms with E-state index in [9.17, 15) is 4.79 Å². The second-order valence-electron chi connectivity index (χ2n) is 4.99.